The van der Waals surface area contributed by atoms with Crippen LogP contribution in [-0.4, -0.2) is 34.8 Å². The molecule has 5 nitrogen and oxygen atoms in total. The van der Waals surface area contributed by atoms with Gasteiger partial charge < -0.3 is 10.2 Å². The van der Waals surface area contributed by atoms with Gasteiger partial charge in [-0.1, -0.05) is 30.3 Å². The average Bonchev–Trinajstić information content (AvgIpc) is 3.33. The molecular formula is C25H27N3O2S. The van der Waals surface area contributed by atoms with E-state index >= 15 is 0 Å². The molecule has 0 radical (unpaired) electrons. The van der Waals surface area contributed by atoms with Crippen LogP contribution in [0.25, 0.3) is 0 Å². The second-order valence-corrected chi connectivity index (χ2v) is 8.99. The summed E-state index contributed by atoms with van der Waals surface area (Å²) in [6.07, 6.45) is 1.62. The number of pyridine rings is 1. The van der Waals surface area contributed by atoms with Crippen molar-refractivity contribution in [3.63, 3.8) is 0 Å². The molecule has 4 rings (SSSR count). The van der Waals surface area contributed by atoms with Gasteiger partial charge in [-0.15, -0.1) is 11.3 Å². The Bertz CT molecular complexity index is 1070. The minimum absolute atomic E-state index is 0.0946. The van der Waals surface area contributed by atoms with Gasteiger partial charge in [-0.2, -0.15) is 0 Å². The van der Waals surface area contributed by atoms with Crippen molar-refractivity contribution < 1.29 is 9.59 Å². The van der Waals surface area contributed by atoms with Crippen molar-refractivity contribution in [2.45, 2.75) is 39.2 Å². The Kier molecular flexibility index (Phi) is 6.47. The first-order chi connectivity index (χ1) is 15.0. The van der Waals surface area contributed by atoms with Crippen LogP contribution in [0.15, 0.2) is 53.9 Å². The van der Waals surface area contributed by atoms with Crippen molar-refractivity contribution in [2.75, 3.05) is 13.1 Å². The fourth-order valence-electron chi connectivity index (χ4n) is 4.07. The van der Waals surface area contributed by atoms with Gasteiger partial charge in [0.1, 0.15) is 0 Å². The minimum atomic E-state index is -0.0946. The van der Waals surface area contributed by atoms with Crippen LogP contribution >= 0.6 is 11.3 Å². The minimum Gasteiger partial charge on any atom is -0.348 e. The van der Waals surface area contributed by atoms with Crippen LogP contribution in [0.1, 0.15) is 61.3 Å². The summed E-state index contributed by atoms with van der Waals surface area (Å²) in [6.45, 7) is 5.86. The first-order valence-corrected chi connectivity index (χ1v) is 11.5. The molecular weight excluding hydrogens is 406 g/mol. The van der Waals surface area contributed by atoms with E-state index in [0.29, 0.717) is 25.2 Å². The molecule has 1 fully saturated rings. The van der Waals surface area contributed by atoms with Crippen LogP contribution in [-0.2, 0) is 6.54 Å². The first-order valence-electron chi connectivity index (χ1n) is 10.7. The maximum absolute atomic E-state index is 13.0. The molecule has 160 valence electrons. The monoisotopic (exact) mass is 433 g/mol. The fraction of sp³-hybridized carbons (Fsp3) is 0.320. The standard InChI is InChI=1S/C25H27N3O2S/c1-17-6-3-4-7-20(17)16-26-24(29)21-10-9-18(2)27-23(21)19-11-13-28(14-12-19)25(30)22-8-5-15-31-22/h3-10,15,19H,11-14,16H2,1-2H3,(H,26,29). The molecule has 31 heavy (non-hydrogen) atoms. The Morgan fingerprint density at radius 1 is 1.06 bits per heavy atom. The lowest BCUT2D eigenvalue weighted by Crippen LogP contribution is -2.38. The van der Waals surface area contributed by atoms with E-state index in [2.05, 4.69) is 5.32 Å². The summed E-state index contributed by atoms with van der Waals surface area (Å²) in [5.41, 5.74) is 4.67. The number of carbonyl (C=O) groups is 2. The molecule has 1 N–H and O–H groups in total. The van der Waals surface area contributed by atoms with Crippen LogP contribution in [0.2, 0.25) is 0 Å². The second-order valence-electron chi connectivity index (χ2n) is 8.04. The lowest BCUT2D eigenvalue weighted by molar-refractivity contribution is 0.0715. The van der Waals surface area contributed by atoms with E-state index in [-0.39, 0.29) is 17.7 Å². The molecule has 6 heteroatoms. The summed E-state index contributed by atoms with van der Waals surface area (Å²) in [4.78, 5) is 33.1. The summed E-state index contributed by atoms with van der Waals surface area (Å²) in [7, 11) is 0. The summed E-state index contributed by atoms with van der Waals surface area (Å²) in [5, 5.41) is 4.99. The van der Waals surface area contributed by atoms with Crippen molar-refractivity contribution in [3.8, 4) is 0 Å². The van der Waals surface area contributed by atoms with E-state index in [4.69, 9.17) is 4.98 Å². The summed E-state index contributed by atoms with van der Waals surface area (Å²) in [6, 6.07) is 15.6. The molecule has 2 aromatic heterocycles. The normalized spacial score (nSPS) is 14.5. The van der Waals surface area contributed by atoms with Gasteiger partial charge in [0.15, 0.2) is 0 Å². The largest absolute Gasteiger partial charge is 0.348 e. The van der Waals surface area contributed by atoms with Gasteiger partial charge in [-0.05, 0) is 61.4 Å². The van der Waals surface area contributed by atoms with Gasteiger partial charge in [0.25, 0.3) is 11.8 Å². The molecule has 0 saturated carbocycles. The number of benzene rings is 1. The van der Waals surface area contributed by atoms with Crippen molar-refractivity contribution in [1.29, 1.82) is 0 Å². The van der Waals surface area contributed by atoms with Gasteiger partial charge in [-0.25, -0.2) is 0 Å². The lowest BCUT2D eigenvalue weighted by Gasteiger charge is -2.32. The van der Waals surface area contributed by atoms with Crippen LogP contribution in [0.4, 0.5) is 0 Å². The van der Waals surface area contributed by atoms with Crippen molar-refractivity contribution in [3.05, 3.63) is 86.9 Å². The van der Waals surface area contributed by atoms with E-state index in [1.54, 1.807) is 0 Å². The Labute approximate surface area is 187 Å². The molecule has 0 unspecified atom stereocenters. The number of thiophene rings is 1. The van der Waals surface area contributed by atoms with Gasteiger partial charge in [-0.3, -0.25) is 14.6 Å². The number of likely N-dealkylation sites (tertiary alicyclic amines) is 1. The maximum Gasteiger partial charge on any atom is 0.263 e. The van der Waals surface area contributed by atoms with E-state index in [1.807, 2.05) is 72.7 Å². The Morgan fingerprint density at radius 2 is 1.84 bits per heavy atom. The number of rotatable bonds is 5. The molecule has 1 aliphatic rings. The molecule has 3 aromatic rings. The molecule has 3 heterocycles. The van der Waals surface area contributed by atoms with Crippen LogP contribution in [0, 0.1) is 13.8 Å². The summed E-state index contributed by atoms with van der Waals surface area (Å²) < 4.78 is 0. The van der Waals surface area contributed by atoms with E-state index < -0.39 is 0 Å². The number of nitrogens with zero attached hydrogens (tertiary/aromatic N) is 2. The summed E-state index contributed by atoms with van der Waals surface area (Å²) >= 11 is 1.48. The Morgan fingerprint density at radius 3 is 2.55 bits per heavy atom. The number of hydrogen-bond acceptors (Lipinski definition) is 4. The number of carbonyl (C=O) groups excluding carboxylic acids is 2. The van der Waals surface area contributed by atoms with E-state index in [0.717, 1.165) is 40.2 Å². The van der Waals surface area contributed by atoms with Crippen LogP contribution in [0.3, 0.4) is 0 Å². The van der Waals surface area contributed by atoms with Gasteiger partial charge in [0.2, 0.25) is 0 Å². The highest BCUT2D eigenvalue weighted by Crippen LogP contribution is 2.30. The quantitative estimate of drug-likeness (QED) is 0.634. The fourth-order valence-corrected chi connectivity index (χ4v) is 4.76. The molecule has 0 bridgehead atoms. The highest BCUT2D eigenvalue weighted by molar-refractivity contribution is 7.12. The molecule has 0 aliphatic carbocycles. The first kappa shape index (κ1) is 21.2. The molecule has 0 spiro atoms. The number of piperidine rings is 1. The third kappa shape index (κ3) is 4.85. The third-order valence-corrected chi connectivity index (χ3v) is 6.77. The topological polar surface area (TPSA) is 62.3 Å². The predicted molar refractivity (Wildman–Crippen MR) is 124 cm³/mol. The zero-order valence-electron chi connectivity index (χ0n) is 17.9. The van der Waals surface area contributed by atoms with Crippen LogP contribution < -0.4 is 5.32 Å². The molecule has 1 saturated heterocycles. The number of nitrogens with one attached hydrogen (secondary N) is 1. The van der Waals surface area contributed by atoms with Gasteiger partial charge in [0, 0.05) is 31.2 Å². The SMILES string of the molecule is Cc1ccc(C(=O)NCc2ccccc2C)c(C2CCN(C(=O)c3cccs3)CC2)n1. The number of aromatic nitrogens is 1. The molecule has 0 atom stereocenters. The molecule has 1 aliphatic heterocycles. The third-order valence-electron chi connectivity index (χ3n) is 5.91. The van der Waals surface area contributed by atoms with Gasteiger partial charge in [0.05, 0.1) is 16.1 Å². The highest BCUT2D eigenvalue weighted by Gasteiger charge is 2.28. The number of aryl methyl sites for hydroxylation is 2. The molecule has 1 aromatic carbocycles. The van der Waals surface area contributed by atoms with Crippen molar-refractivity contribution in [1.82, 2.24) is 15.2 Å². The number of hydrogen-bond donors (Lipinski definition) is 1. The number of amides is 2. The van der Waals surface area contributed by atoms with E-state index in [1.165, 1.54) is 11.3 Å². The Balaban J connectivity index is 1.45. The molecule has 2 amide bonds. The summed E-state index contributed by atoms with van der Waals surface area (Å²) in [5.74, 6) is 0.177. The highest BCUT2D eigenvalue weighted by atomic mass is 32.1. The van der Waals surface area contributed by atoms with Crippen molar-refractivity contribution >= 4 is 23.2 Å². The van der Waals surface area contributed by atoms with Crippen molar-refractivity contribution in [2.24, 2.45) is 0 Å². The smallest absolute Gasteiger partial charge is 0.263 e. The average molecular weight is 434 g/mol. The van der Waals surface area contributed by atoms with Gasteiger partial charge >= 0.3 is 0 Å². The zero-order valence-corrected chi connectivity index (χ0v) is 18.7. The van der Waals surface area contributed by atoms with E-state index in [9.17, 15) is 9.59 Å². The maximum atomic E-state index is 13.0. The lowest BCUT2D eigenvalue weighted by atomic mass is 9.89. The Hall–Kier alpha value is -2.99. The van der Waals surface area contributed by atoms with Crippen LogP contribution in [0.5, 0.6) is 0 Å². The second kappa shape index (κ2) is 9.43. The predicted octanol–water partition coefficient (Wildman–Crippen LogP) is 4.71. The zero-order chi connectivity index (χ0) is 21.8.